The third-order valence-electron chi connectivity index (χ3n) is 2.81. The van der Waals surface area contributed by atoms with Gasteiger partial charge in [0.05, 0.1) is 30.9 Å². The van der Waals surface area contributed by atoms with Crippen LogP contribution >= 0.6 is 12.2 Å². The van der Waals surface area contributed by atoms with E-state index >= 15 is 0 Å². The van der Waals surface area contributed by atoms with Gasteiger partial charge in [0.1, 0.15) is 0 Å². The Bertz CT molecular complexity index is 288. The smallest absolute Gasteiger partial charge is 0.252 e. The van der Waals surface area contributed by atoms with Crippen molar-refractivity contribution in [1.82, 2.24) is 5.32 Å². The molecule has 0 aromatic heterocycles. The van der Waals surface area contributed by atoms with Crippen LogP contribution in [0.15, 0.2) is 0 Å². The second-order valence-electron chi connectivity index (χ2n) is 4.16. The molecule has 1 amide bonds. The van der Waals surface area contributed by atoms with Crippen LogP contribution in [-0.2, 0) is 14.3 Å². The van der Waals surface area contributed by atoms with Crippen LogP contribution in [-0.4, -0.2) is 42.9 Å². The molecule has 1 aliphatic carbocycles. The first kappa shape index (κ1) is 11.8. The molecule has 2 rings (SSSR count). The second kappa shape index (κ2) is 5.07. The van der Waals surface area contributed by atoms with E-state index in [0.717, 1.165) is 12.8 Å². The average molecular weight is 244 g/mol. The standard InChI is InChI=1S/C10H16N2O3S/c11-9(16)8(6-1-2-6)12-10(13)7-5-14-3-4-15-7/h6-8H,1-5H2,(H2,11,16)(H,12,13). The van der Waals surface area contributed by atoms with Gasteiger partial charge in [-0.1, -0.05) is 12.2 Å². The first-order chi connectivity index (χ1) is 7.68. The molecule has 3 N–H and O–H groups in total. The van der Waals surface area contributed by atoms with E-state index in [1.807, 2.05) is 0 Å². The van der Waals surface area contributed by atoms with E-state index in [9.17, 15) is 4.79 Å². The van der Waals surface area contributed by atoms with Gasteiger partial charge in [-0.25, -0.2) is 0 Å². The average Bonchev–Trinajstić information content (AvgIpc) is 3.10. The number of amides is 1. The molecule has 0 radical (unpaired) electrons. The van der Waals surface area contributed by atoms with E-state index in [1.54, 1.807) is 0 Å². The van der Waals surface area contributed by atoms with Gasteiger partial charge in [0.25, 0.3) is 5.91 Å². The Morgan fingerprint density at radius 1 is 1.44 bits per heavy atom. The van der Waals surface area contributed by atoms with Crippen molar-refractivity contribution in [2.45, 2.75) is 25.0 Å². The number of hydrogen-bond acceptors (Lipinski definition) is 4. The SMILES string of the molecule is NC(=S)C(NC(=O)C1COCCO1)C1CC1. The van der Waals surface area contributed by atoms with Crippen molar-refractivity contribution < 1.29 is 14.3 Å². The highest BCUT2D eigenvalue weighted by Crippen LogP contribution is 2.32. The molecule has 2 fully saturated rings. The van der Waals surface area contributed by atoms with Gasteiger partial charge in [-0.3, -0.25) is 4.79 Å². The predicted molar refractivity (Wildman–Crippen MR) is 62.0 cm³/mol. The Morgan fingerprint density at radius 2 is 2.19 bits per heavy atom. The highest BCUT2D eigenvalue weighted by Gasteiger charge is 2.36. The van der Waals surface area contributed by atoms with Crippen LogP contribution in [0, 0.1) is 5.92 Å². The Balaban J connectivity index is 1.86. The van der Waals surface area contributed by atoms with Crippen molar-refractivity contribution in [2.24, 2.45) is 11.7 Å². The van der Waals surface area contributed by atoms with Crippen LogP contribution < -0.4 is 11.1 Å². The molecule has 0 aromatic carbocycles. The monoisotopic (exact) mass is 244 g/mol. The predicted octanol–water partition coefficient (Wildman–Crippen LogP) is -0.417. The zero-order valence-corrected chi connectivity index (χ0v) is 9.79. The summed E-state index contributed by atoms with van der Waals surface area (Å²) in [6.07, 6.45) is 1.62. The van der Waals surface area contributed by atoms with E-state index < -0.39 is 6.10 Å². The summed E-state index contributed by atoms with van der Waals surface area (Å²) in [5.41, 5.74) is 5.60. The Morgan fingerprint density at radius 3 is 2.69 bits per heavy atom. The van der Waals surface area contributed by atoms with Gasteiger partial charge in [-0.2, -0.15) is 0 Å². The lowest BCUT2D eigenvalue weighted by atomic mass is 10.1. The van der Waals surface area contributed by atoms with Crippen molar-refractivity contribution >= 4 is 23.1 Å². The summed E-state index contributed by atoms with van der Waals surface area (Å²) < 4.78 is 10.5. The minimum absolute atomic E-state index is 0.176. The zero-order chi connectivity index (χ0) is 11.5. The normalized spacial score (nSPS) is 27.1. The molecule has 1 aliphatic heterocycles. The molecule has 6 heteroatoms. The summed E-state index contributed by atoms with van der Waals surface area (Å²) >= 11 is 4.94. The largest absolute Gasteiger partial charge is 0.392 e. The maximum Gasteiger partial charge on any atom is 0.252 e. The first-order valence-corrected chi connectivity index (χ1v) is 5.88. The van der Waals surface area contributed by atoms with Crippen LogP contribution in [0.25, 0.3) is 0 Å². The van der Waals surface area contributed by atoms with Gasteiger partial charge in [-0.05, 0) is 18.8 Å². The lowest BCUT2D eigenvalue weighted by Crippen LogP contribution is -2.51. The summed E-state index contributed by atoms with van der Waals surface area (Å²) in [5.74, 6) is 0.232. The zero-order valence-electron chi connectivity index (χ0n) is 8.98. The molecule has 1 heterocycles. The van der Waals surface area contributed by atoms with Crippen LogP contribution in [0.3, 0.4) is 0 Å². The van der Waals surface area contributed by atoms with Crippen molar-refractivity contribution in [3.05, 3.63) is 0 Å². The Labute approximate surface area is 99.6 Å². The van der Waals surface area contributed by atoms with Gasteiger partial charge < -0.3 is 20.5 Å². The molecule has 2 atom stereocenters. The van der Waals surface area contributed by atoms with Gasteiger partial charge >= 0.3 is 0 Å². The summed E-state index contributed by atoms with van der Waals surface area (Å²) in [7, 11) is 0. The topological polar surface area (TPSA) is 73.6 Å². The number of hydrogen-bond donors (Lipinski definition) is 2. The molecule has 0 aromatic rings. The Hall–Kier alpha value is -0.720. The maximum atomic E-state index is 11.8. The fourth-order valence-electron chi connectivity index (χ4n) is 1.74. The highest BCUT2D eigenvalue weighted by molar-refractivity contribution is 7.80. The van der Waals surface area contributed by atoms with E-state index in [0.29, 0.717) is 30.7 Å². The van der Waals surface area contributed by atoms with Crippen molar-refractivity contribution in [3.63, 3.8) is 0 Å². The van der Waals surface area contributed by atoms with Crippen LogP contribution in [0.4, 0.5) is 0 Å². The number of ether oxygens (including phenoxy) is 2. The number of nitrogens with two attached hydrogens (primary N) is 1. The minimum atomic E-state index is -0.524. The number of thiocarbonyl (C=S) groups is 1. The van der Waals surface area contributed by atoms with Crippen LogP contribution in [0.2, 0.25) is 0 Å². The number of carbonyl (C=O) groups excluding carboxylic acids is 1. The van der Waals surface area contributed by atoms with Gasteiger partial charge in [0, 0.05) is 0 Å². The van der Waals surface area contributed by atoms with E-state index in [2.05, 4.69) is 5.32 Å². The molecule has 16 heavy (non-hydrogen) atoms. The highest BCUT2D eigenvalue weighted by atomic mass is 32.1. The van der Waals surface area contributed by atoms with Gasteiger partial charge in [-0.15, -0.1) is 0 Å². The van der Waals surface area contributed by atoms with Crippen molar-refractivity contribution in [2.75, 3.05) is 19.8 Å². The fraction of sp³-hybridized carbons (Fsp3) is 0.800. The number of carbonyl (C=O) groups is 1. The molecule has 2 aliphatic rings. The maximum absolute atomic E-state index is 11.8. The molecule has 0 spiro atoms. The number of nitrogens with one attached hydrogen (secondary N) is 1. The van der Waals surface area contributed by atoms with Crippen LogP contribution in [0.5, 0.6) is 0 Å². The third kappa shape index (κ3) is 2.90. The van der Waals surface area contributed by atoms with E-state index in [4.69, 9.17) is 27.4 Å². The molecular formula is C10H16N2O3S. The second-order valence-corrected chi connectivity index (χ2v) is 4.63. The minimum Gasteiger partial charge on any atom is -0.392 e. The number of rotatable bonds is 4. The summed E-state index contributed by atoms with van der Waals surface area (Å²) in [6.45, 7) is 1.31. The van der Waals surface area contributed by atoms with Gasteiger partial charge in [0.2, 0.25) is 0 Å². The van der Waals surface area contributed by atoms with Crippen LogP contribution in [0.1, 0.15) is 12.8 Å². The van der Waals surface area contributed by atoms with Crippen molar-refractivity contribution in [3.8, 4) is 0 Å². The molecule has 5 nitrogen and oxygen atoms in total. The molecule has 1 saturated heterocycles. The van der Waals surface area contributed by atoms with Gasteiger partial charge in [0.15, 0.2) is 6.10 Å². The fourth-order valence-corrected chi connectivity index (χ4v) is 1.99. The lowest BCUT2D eigenvalue weighted by Gasteiger charge is -2.25. The molecule has 90 valence electrons. The molecule has 1 saturated carbocycles. The van der Waals surface area contributed by atoms with E-state index in [1.165, 1.54) is 0 Å². The summed E-state index contributed by atoms with van der Waals surface area (Å²) in [4.78, 5) is 12.2. The van der Waals surface area contributed by atoms with E-state index in [-0.39, 0.29) is 11.9 Å². The molecule has 0 bridgehead atoms. The van der Waals surface area contributed by atoms with Crippen molar-refractivity contribution in [1.29, 1.82) is 0 Å². The first-order valence-electron chi connectivity index (χ1n) is 5.47. The third-order valence-corrected chi connectivity index (χ3v) is 3.06. The lowest BCUT2D eigenvalue weighted by molar-refractivity contribution is -0.147. The quantitative estimate of drug-likeness (QED) is 0.657. The molecule has 2 unspecified atom stereocenters. The summed E-state index contributed by atoms with van der Waals surface area (Å²) in [6, 6.07) is -0.187. The Kier molecular flexibility index (Phi) is 3.73. The summed E-state index contributed by atoms with van der Waals surface area (Å²) in [5, 5.41) is 2.84. The molecular weight excluding hydrogens is 228 g/mol.